The third kappa shape index (κ3) is 4.61. The van der Waals surface area contributed by atoms with Crippen LogP contribution in [0.4, 0.5) is 4.39 Å². The van der Waals surface area contributed by atoms with Crippen LogP contribution in [0.5, 0.6) is 5.75 Å². The number of nitrogens with zero attached hydrogens (tertiary/aromatic N) is 1. The molecular weight excluding hydrogens is 349 g/mol. The van der Waals surface area contributed by atoms with Gasteiger partial charge in [-0.05, 0) is 44.6 Å². The van der Waals surface area contributed by atoms with Crippen LogP contribution in [0.2, 0.25) is 0 Å². The molecule has 0 aliphatic carbocycles. The molecule has 0 radical (unpaired) electrons. The smallest absolute Gasteiger partial charge is 0.227 e. The Hall–Kier alpha value is -1.66. The summed E-state index contributed by atoms with van der Waals surface area (Å²) in [5, 5.41) is 0. The molecule has 3 rings (SSSR count). The van der Waals surface area contributed by atoms with E-state index in [1.54, 1.807) is 6.07 Å². The summed E-state index contributed by atoms with van der Waals surface area (Å²) in [6.45, 7) is 5.74. The molecule has 2 aliphatic rings. The van der Waals surface area contributed by atoms with Crippen LogP contribution in [0, 0.1) is 11.7 Å². The molecule has 0 bridgehead atoms. The minimum absolute atomic E-state index is 0.0543. The quantitative estimate of drug-likeness (QED) is 0.683. The van der Waals surface area contributed by atoms with Crippen molar-refractivity contribution < 1.29 is 23.4 Å². The molecule has 1 aromatic rings. The van der Waals surface area contributed by atoms with Crippen LogP contribution < -0.4 is 4.74 Å². The third-order valence-electron chi connectivity index (χ3n) is 5.97. The normalized spacial score (nSPS) is 21.6. The van der Waals surface area contributed by atoms with E-state index in [4.69, 9.17) is 14.2 Å². The Kier molecular flexibility index (Phi) is 6.71. The summed E-state index contributed by atoms with van der Waals surface area (Å²) < 4.78 is 30.2. The van der Waals surface area contributed by atoms with Crippen molar-refractivity contribution in [1.29, 1.82) is 0 Å². The number of methoxy groups -OCH3 is 1. The SMILES string of the molecule is CCOCC[C@@H]1CCOC12CCN(C(=O)Cc1ccc(F)cc1OC)CC2. The van der Waals surface area contributed by atoms with E-state index in [9.17, 15) is 9.18 Å². The molecule has 6 heteroatoms. The van der Waals surface area contributed by atoms with E-state index >= 15 is 0 Å². The Balaban J connectivity index is 1.56. The molecule has 2 heterocycles. The van der Waals surface area contributed by atoms with E-state index in [0.717, 1.165) is 51.1 Å². The largest absolute Gasteiger partial charge is 0.496 e. The fourth-order valence-corrected chi connectivity index (χ4v) is 4.39. The highest BCUT2D eigenvalue weighted by atomic mass is 19.1. The van der Waals surface area contributed by atoms with E-state index in [1.807, 2.05) is 11.8 Å². The lowest BCUT2D eigenvalue weighted by molar-refractivity contribution is -0.137. The van der Waals surface area contributed by atoms with E-state index in [1.165, 1.54) is 19.2 Å². The van der Waals surface area contributed by atoms with Crippen LogP contribution in [0.25, 0.3) is 0 Å². The molecule has 150 valence electrons. The highest BCUT2D eigenvalue weighted by Crippen LogP contribution is 2.42. The first-order valence-electron chi connectivity index (χ1n) is 9.90. The van der Waals surface area contributed by atoms with Gasteiger partial charge >= 0.3 is 0 Å². The number of carbonyl (C=O) groups excluding carboxylic acids is 1. The third-order valence-corrected chi connectivity index (χ3v) is 5.97. The van der Waals surface area contributed by atoms with Crippen molar-refractivity contribution >= 4 is 5.91 Å². The van der Waals surface area contributed by atoms with Gasteiger partial charge in [0.25, 0.3) is 0 Å². The van der Waals surface area contributed by atoms with Crippen LogP contribution >= 0.6 is 0 Å². The molecule has 1 atom stereocenters. The van der Waals surface area contributed by atoms with Crippen LogP contribution in [0.15, 0.2) is 18.2 Å². The summed E-state index contributed by atoms with van der Waals surface area (Å²) in [6, 6.07) is 4.32. The minimum atomic E-state index is -0.362. The van der Waals surface area contributed by atoms with Gasteiger partial charge in [0.15, 0.2) is 0 Å². The van der Waals surface area contributed by atoms with Gasteiger partial charge in [0.05, 0.1) is 19.1 Å². The summed E-state index contributed by atoms with van der Waals surface area (Å²) in [7, 11) is 1.49. The topological polar surface area (TPSA) is 48.0 Å². The van der Waals surface area contributed by atoms with Gasteiger partial charge in [-0.15, -0.1) is 0 Å². The molecule has 0 saturated carbocycles. The number of amides is 1. The number of ether oxygens (including phenoxy) is 3. The molecule has 0 aromatic heterocycles. The number of halogens is 1. The number of benzene rings is 1. The average molecular weight is 379 g/mol. The number of carbonyl (C=O) groups is 1. The van der Waals surface area contributed by atoms with Crippen molar-refractivity contribution in [2.24, 2.45) is 5.92 Å². The maximum Gasteiger partial charge on any atom is 0.227 e. The highest BCUT2D eigenvalue weighted by Gasteiger charge is 2.46. The average Bonchev–Trinajstić information content (AvgIpc) is 3.06. The van der Waals surface area contributed by atoms with Crippen molar-refractivity contribution in [1.82, 2.24) is 4.90 Å². The number of piperidine rings is 1. The minimum Gasteiger partial charge on any atom is -0.496 e. The molecule has 2 fully saturated rings. The maximum absolute atomic E-state index is 13.3. The standard InChI is InChI=1S/C21H30FNO4/c1-3-26-12-6-17-7-13-27-21(17)8-10-23(11-9-21)20(24)14-16-4-5-18(22)15-19(16)25-2/h4-5,15,17H,3,6-14H2,1-2H3/t17-/m1/s1. The Morgan fingerprint density at radius 1 is 1.37 bits per heavy atom. The van der Waals surface area contributed by atoms with Crippen LogP contribution in [-0.4, -0.2) is 56.4 Å². The number of likely N-dealkylation sites (tertiary alicyclic amines) is 1. The molecule has 5 nitrogen and oxygen atoms in total. The zero-order valence-corrected chi connectivity index (χ0v) is 16.3. The predicted molar refractivity (Wildman–Crippen MR) is 100 cm³/mol. The van der Waals surface area contributed by atoms with Crippen LogP contribution in [0.1, 0.15) is 38.2 Å². The molecule has 2 aliphatic heterocycles. The Labute approximate surface area is 160 Å². The second-order valence-corrected chi connectivity index (χ2v) is 7.40. The van der Waals surface area contributed by atoms with E-state index in [2.05, 4.69) is 0 Å². The van der Waals surface area contributed by atoms with Crippen LogP contribution in [-0.2, 0) is 20.7 Å². The monoisotopic (exact) mass is 379 g/mol. The molecule has 0 N–H and O–H groups in total. The number of hydrogen-bond donors (Lipinski definition) is 0. The van der Waals surface area contributed by atoms with Gasteiger partial charge in [-0.1, -0.05) is 6.07 Å². The lowest BCUT2D eigenvalue weighted by Gasteiger charge is -2.42. The number of rotatable bonds is 7. The Morgan fingerprint density at radius 2 is 2.15 bits per heavy atom. The zero-order chi connectivity index (χ0) is 19.3. The first-order chi connectivity index (χ1) is 13.1. The number of hydrogen-bond acceptors (Lipinski definition) is 4. The van der Waals surface area contributed by atoms with Gasteiger partial charge < -0.3 is 19.1 Å². The Morgan fingerprint density at radius 3 is 2.85 bits per heavy atom. The summed E-state index contributed by atoms with van der Waals surface area (Å²) in [6.07, 6.45) is 4.07. The summed E-state index contributed by atoms with van der Waals surface area (Å²) >= 11 is 0. The van der Waals surface area contributed by atoms with Gasteiger partial charge in [0.2, 0.25) is 5.91 Å². The lowest BCUT2D eigenvalue weighted by atomic mass is 9.78. The fourth-order valence-electron chi connectivity index (χ4n) is 4.39. The summed E-state index contributed by atoms with van der Waals surface area (Å²) in [4.78, 5) is 14.6. The van der Waals surface area contributed by atoms with Crippen molar-refractivity contribution in [3.8, 4) is 5.75 Å². The molecule has 0 unspecified atom stereocenters. The second kappa shape index (κ2) is 9.02. The van der Waals surface area contributed by atoms with E-state index < -0.39 is 0 Å². The molecule has 2 saturated heterocycles. The summed E-state index contributed by atoms with van der Waals surface area (Å²) in [5.74, 6) is 0.628. The molecule has 1 amide bonds. The van der Waals surface area contributed by atoms with Crippen molar-refractivity contribution in [3.05, 3.63) is 29.6 Å². The predicted octanol–water partition coefficient (Wildman–Crippen LogP) is 3.20. The summed E-state index contributed by atoms with van der Waals surface area (Å²) in [5.41, 5.74) is 0.623. The van der Waals surface area contributed by atoms with Gasteiger partial charge in [-0.25, -0.2) is 4.39 Å². The van der Waals surface area contributed by atoms with Gasteiger partial charge in [0, 0.05) is 44.5 Å². The lowest BCUT2D eigenvalue weighted by Crippen LogP contribution is -2.50. The van der Waals surface area contributed by atoms with Gasteiger partial charge in [-0.2, -0.15) is 0 Å². The first-order valence-corrected chi connectivity index (χ1v) is 9.90. The van der Waals surface area contributed by atoms with E-state index in [0.29, 0.717) is 24.8 Å². The fraction of sp³-hybridized carbons (Fsp3) is 0.667. The van der Waals surface area contributed by atoms with Crippen molar-refractivity contribution in [2.45, 2.75) is 44.6 Å². The molecule has 1 aromatic carbocycles. The zero-order valence-electron chi connectivity index (χ0n) is 16.3. The molecule has 27 heavy (non-hydrogen) atoms. The molecule has 1 spiro atoms. The second-order valence-electron chi connectivity index (χ2n) is 7.40. The van der Waals surface area contributed by atoms with Crippen molar-refractivity contribution in [3.63, 3.8) is 0 Å². The Bertz CT molecular complexity index is 643. The van der Waals surface area contributed by atoms with E-state index in [-0.39, 0.29) is 23.7 Å². The van der Waals surface area contributed by atoms with Gasteiger partial charge in [0.1, 0.15) is 11.6 Å². The van der Waals surface area contributed by atoms with Crippen molar-refractivity contribution in [2.75, 3.05) is 40.0 Å². The highest BCUT2D eigenvalue weighted by molar-refractivity contribution is 5.79. The molecular formula is C21H30FNO4. The first kappa shape index (κ1) is 20.1. The van der Waals surface area contributed by atoms with Gasteiger partial charge in [-0.3, -0.25) is 4.79 Å². The maximum atomic E-state index is 13.3. The van der Waals surface area contributed by atoms with Crippen LogP contribution in [0.3, 0.4) is 0 Å².